The number of hydrogen-bond acceptors (Lipinski definition) is 0. The molecule has 9 heavy (non-hydrogen) atoms. The molecule has 0 bridgehead atoms. The molecule has 0 saturated heterocycles. The maximum absolute atomic E-state index is 3.07. The van der Waals surface area contributed by atoms with Crippen molar-refractivity contribution in [2.75, 3.05) is 0 Å². The molecule has 0 aromatic rings. The molecule has 0 heterocycles. The van der Waals surface area contributed by atoms with Crippen molar-refractivity contribution in [3.05, 3.63) is 18.1 Å². The lowest BCUT2D eigenvalue weighted by atomic mass is 10.0. The molecule has 0 aliphatic heterocycles. The van der Waals surface area contributed by atoms with Crippen LogP contribution < -0.4 is 0 Å². The van der Waals surface area contributed by atoms with Crippen LogP contribution in [0.2, 0.25) is 0 Å². The van der Waals surface area contributed by atoms with Gasteiger partial charge in [-0.15, -0.1) is 0 Å². The summed E-state index contributed by atoms with van der Waals surface area (Å²) in [5.41, 5.74) is 1.27. The third kappa shape index (κ3) is 2.24. The summed E-state index contributed by atoms with van der Waals surface area (Å²) in [5, 5.41) is 0. The van der Waals surface area contributed by atoms with E-state index in [1.165, 1.54) is 12.0 Å². The van der Waals surface area contributed by atoms with Gasteiger partial charge in [-0.25, -0.2) is 0 Å². The van der Waals surface area contributed by atoms with Gasteiger partial charge in [0.25, 0.3) is 0 Å². The van der Waals surface area contributed by atoms with Gasteiger partial charge in [-0.1, -0.05) is 12.0 Å². The molecular formula is C8H8Br. The Hall–Kier alpha value is -0.220. The van der Waals surface area contributed by atoms with Gasteiger partial charge in [0.1, 0.15) is 0 Å². The Morgan fingerprint density at radius 1 is 1.56 bits per heavy atom. The van der Waals surface area contributed by atoms with Crippen LogP contribution >= 0.6 is 15.9 Å². The SMILES string of the molecule is BrC#CC1=CC[CH]CC1. The minimum Gasteiger partial charge on any atom is -0.0726 e. The number of halogens is 1. The molecule has 0 nitrogen and oxygen atoms in total. The molecule has 1 heteroatoms. The lowest BCUT2D eigenvalue weighted by molar-refractivity contribution is 0.868. The molecule has 0 amide bonds. The van der Waals surface area contributed by atoms with Crippen molar-refractivity contribution in [3.8, 4) is 10.8 Å². The van der Waals surface area contributed by atoms with Crippen LogP contribution in [0.4, 0.5) is 0 Å². The summed E-state index contributed by atoms with van der Waals surface area (Å²) >= 11 is 3.07. The highest BCUT2D eigenvalue weighted by Crippen LogP contribution is 2.15. The zero-order valence-corrected chi connectivity index (χ0v) is 6.74. The van der Waals surface area contributed by atoms with Crippen molar-refractivity contribution in [3.63, 3.8) is 0 Å². The fraction of sp³-hybridized carbons (Fsp3) is 0.375. The molecule has 0 fully saturated rings. The summed E-state index contributed by atoms with van der Waals surface area (Å²) < 4.78 is 0. The van der Waals surface area contributed by atoms with Crippen LogP contribution in [0.15, 0.2) is 11.6 Å². The summed E-state index contributed by atoms with van der Waals surface area (Å²) in [6.45, 7) is 0. The molecule has 1 aliphatic rings. The highest BCUT2D eigenvalue weighted by atomic mass is 79.9. The minimum atomic E-state index is 1.09. The highest BCUT2D eigenvalue weighted by molar-refractivity contribution is 9.12. The van der Waals surface area contributed by atoms with E-state index in [4.69, 9.17) is 0 Å². The third-order valence-corrected chi connectivity index (χ3v) is 1.55. The summed E-state index contributed by atoms with van der Waals surface area (Å²) in [4.78, 5) is 2.72. The maximum atomic E-state index is 3.07. The molecule has 0 N–H and O–H groups in total. The molecule has 1 rings (SSSR count). The van der Waals surface area contributed by atoms with Crippen molar-refractivity contribution in [2.45, 2.75) is 19.3 Å². The van der Waals surface area contributed by atoms with E-state index in [9.17, 15) is 0 Å². The molecule has 47 valence electrons. The van der Waals surface area contributed by atoms with Crippen LogP contribution in [-0.4, -0.2) is 0 Å². The first-order valence-electron chi connectivity index (χ1n) is 3.06. The normalized spacial score (nSPS) is 17.7. The first kappa shape index (κ1) is 6.89. The third-order valence-electron chi connectivity index (χ3n) is 1.36. The van der Waals surface area contributed by atoms with E-state index in [-0.39, 0.29) is 0 Å². The Balaban J connectivity index is 2.53. The molecule has 0 atom stereocenters. The molecule has 0 aromatic carbocycles. The van der Waals surface area contributed by atoms with Crippen molar-refractivity contribution < 1.29 is 0 Å². The second kappa shape index (κ2) is 3.74. The average Bonchev–Trinajstić information content (AvgIpc) is 1.91. The van der Waals surface area contributed by atoms with Crippen molar-refractivity contribution in [1.82, 2.24) is 0 Å². The molecule has 0 saturated carbocycles. The van der Waals surface area contributed by atoms with E-state index in [1.54, 1.807) is 0 Å². The van der Waals surface area contributed by atoms with Crippen LogP contribution in [0.5, 0.6) is 0 Å². The van der Waals surface area contributed by atoms with Gasteiger partial charge < -0.3 is 0 Å². The van der Waals surface area contributed by atoms with Crippen LogP contribution in [0, 0.1) is 17.2 Å². The van der Waals surface area contributed by atoms with Gasteiger partial charge in [0.15, 0.2) is 0 Å². The van der Waals surface area contributed by atoms with Crippen molar-refractivity contribution in [2.24, 2.45) is 0 Å². The predicted octanol–water partition coefficient (Wildman–Crippen LogP) is 2.66. The number of allylic oxidation sites excluding steroid dienone is 2. The first-order valence-corrected chi connectivity index (χ1v) is 3.85. The largest absolute Gasteiger partial charge is 0.0726 e. The molecule has 1 aliphatic carbocycles. The predicted molar refractivity (Wildman–Crippen MR) is 42.9 cm³/mol. The standard InChI is InChI=1S/C8H8Br/c9-7-6-8-4-2-1-3-5-8/h1,4H,2-3,5H2. The lowest BCUT2D eigenvalue weighted by Crippen LogP contribution is -1.88. The van der Waals surface area contributed by atoms with Gasteiger partial charge in [-0.05, 0) is 36.1 Å². The van der Waals surface area contributed by atoms with Crippen LogP contribution in [-0.2, 0) is 0 Å². The molecular weight excluding hydrogens is 176 g/mol. The Labute approximate surface area is 64.5 Å². The summed E-state index contributed by atoms with van der Waals surface area (Å²) in [5.74, 6) is 2.99. The van der Waals surface area contributed by atoms with Crippen LogP contribution in [0.25, 0.3) is 0 Å². The Morgan fingerprint density at radius 2 is 2.44 bits per heavy atom. The summed E-state index contributed by atoms with van der Waals surface area (Å²) in [6, 6.07) is 0. The molecule has 0 spiro atoms. The van der Waals surface area contributed by atoms with Gasteiger partial charge in [0, 0.05) is 15.9 Å². The number of hydrogen-bond donors (Lipinski definition) is 0. The van der Waals surface area contributed by atoms with E-state index < -0.39 is 0 Å². The number of rotatable bonds is 0. The Morgan fingerprint density at radius 3 is 3.00 bits per heavy atom. The molecule has 0 aromatic heterocycles. The average molecular weight is 184 g/mol. The van der Waals surface area contributed by atoms with Gasteiger partial charge >= 0.3 is 0 Å². The second-order valence-electron chi connectivity index (χ2n) is 2.01. The monoisotopic (exact) mass is 183 g/mol. The quantitative estimate of drug-likeness (QED) is 0.507. The zero-order chi connectivity index (χ0) is 6.53. The van der Waals surface area contributed by atoms with Crippen LogP contribution in [0.1, 0.15) is 19.3 Å². The van der Waals surface area contributed by atoms with E-state index in [1.807, 2.05) is 0 Å². The lowest BCUT2D eigenvalue weighted by Gasteiger charge is -2.04. The van der Waals surface area contributed by atoms with E-state index in [2.05, 4.69) is 39.2 Å². The van der Waals surface area contributed by atoms with Gasteiger partial charge in [0.2, 0.25) is 0 Å². The Kier molecular flexibility index (Phi) is 2.86. The molecule has 0 unspecified atom stereocenters. The fourth-order valence-electron chi connectivity index (χ4n) is 0.877. The van der Waals surface area contributed by atoms with Gasteiger partial charge in [-0.3, -0.25) is 0 Å². The topological polar surface area (TPSA) is 0 Å². The Bertz CT molecular complexity index is 169. The van der Waals surface area contributed by atoms with Crippen LogP contribution in [0.3, 0.4) is 0 Å². The van der Waals surface area contributed by atoms with E-state index in [0.717, 1.165) is 12.8 Å². The highest BCUT2D eigenvalue weighted by Gasteiger charge is 1.98. The molecule has 1 radical (unpaired) electrons. The van der Waals surface area contributed by atoms with Gasteiger partial charge in [-0.2, -0.15) is 0 Å². The fourth-order valence-corrected chi connectivity index (χ4v) is 1.13. The first-order chi connectivity index (χ1) is 4.43. The van der Waals surface area contributed by atoms with Crippen molar-refractivity contribution in [1.29, 1.82) is 0 Å². The summed E-state index contributed by atoms with van der Waals surface area (Å²) in [6.07, 6.45) is 7.86. The summed E-state index contributed by atoms with van der Waals surface area (Å²) in [7, 11) is 0. The minimum absolute atomic E-state index is 1.09. The van der Waals surface area contributed by atoms with E-state index >= 15 is 0 Å². The zero-order valence-electron chi connectivity index (χ0n) is 5.15. The van der Waals surface area contributed by atoms with Crippen molar-refractivity contribution >= 4 is 15.9 Å². The van der Waals surface area contributed by atoms with E-state index in [0.29, 0.717) is 0 Å². The second-order valence-corrected chi connectivity index (χ2v) is 2.41. The smallest absolute Gasteiger partial charge is 0.0110 e. The van der Waals surface area contributed by atoms with Gasteiger partial charge in [0.05, 0.1) is 0 Å². The maximum Gasteiger partial charge on any atom is 0.0110 e.